The Morgan fingerprint density at radius 1 is 1.19 bits per heavy atom. The quantitative estimate of drug-likeness (QED) is 0.443. The summed E-state index contributed by atoms with van der Waals surface area (Å²) in [6, 6.07) is 8.25. The van der Waals surface area contributed by atoms with Crippen LogP contribution in [0.15, 0.2) is 48.3 Å². The third kappa shape index (κ3) is 9.14. The SMILES string of the molecule is CCN(C)CCC(C)N(CC1C=CC(F)=CC1)C(O)Cc1ccc(OCC(C)C)cc1. The van der Waals surface area contributed by atoms with E-state index in [1.54, 1.807) is 12.2 Å². The van der Waals surface area contributed by atoms with Crippen molar-refractivity contribution in [3.8, 4) is 5.75 Å². The minimum Gasteiger partial charge on any atom is -0.493 e. The van der Waals surface area contributed by atoms with Gasteiger partial charge in [0.05, 0.1) is 6.61 Å². The van der Waals surface area contributed by atoms with E-state index in [9.17, 15) is 9.50 Å². The van der Waals surface area contributed by atoms with E-state index in [-0.39, 0.29) is 17.8 Å². The number of aliphatic hydroxyl groups is 1. The minimum absolute atomic E-state index is 0.166. The molecule has 31 heavy (non-hydrogen) atoms. The zero-order chi connectivity index (χ0) is 22.8. The van der Waals surface area contributed by atoms with Crippen molar-refractivity contribution < 1.29 is 14.2 Å². The molecular formula is C26H41FN2O2. The molecule has 0 aromatic heterocycles. The van der Waals surface area contributed by atoms with Gasteiger partial charge in [0, 0.05) is 19.0 Å². The van der Waals surface area contributed by atoms with E-state index in [2.05, 4.69) is 44.5 Å². The molecule has 0 radical (unpaired) electrons. The van der Waals surface area contributed by atoms with Crippen molar-refractivity contribution in [2.24, 2.45) is 11.8 Å². The predicted molar refractivity (Wildman–Crippen MR) is 127 cm³/mol. The highest BCUT2D eigenvalue weighted by Gasteiger charge is 2.25. The molecule has 174 valence electrons. The number of halogens is 1. The van der Waals surface area contributed by atoms with Gasteiger partial charge >= 0.3 is 0 Å². The Balaban J connectivity index is 2.02. The van der Waals surface area contributed by atoms with Crippen LogP contribution in [-0.4, -0.2) is 60.5 Å². The van der Waals surface area contributed by atoms with Gasteiger partial charge in [-0.2, -0.15) is 0 Å². The van der Waals surface area contributed by atoms with Gasteiger partial charge in [-0.3, -0.25) is 4.90 Å². The highest BCUT2D eigenvalue weighted by Crippen LogP contribution is 2.23. The van der Waals surface area contributed by atoms with E-state index < -0.39 is 6.23 Å². The van der Waals surface area contributed by atoms with Gasteiger partial charge in [0.2, 0.25) is 0 Å². The maximum Gasteiger partial charge on any atom is 0.119 e. The molecule has 0 aliphatic heterocycles. The van der Waals surface area contributed by atoms with Crippen molar-refractivity contribution in [3.05, 3.63) is 53.9 Å². The highest BCUT2D eigenvalue weighted by molar-refractivity contribution is 5.27. The second-order valence-corrected chi connectivity index (χ2v) is 9.21. The maximum absolute atomic E-state index is 13.4. The second-order valence-electron chi connectivity index (χ2n) is 9.21. The van der Waals surface area contributed by atoms with Gasteiger partial charge in [0.15, 0.2) is 0 Å². The summed E-state index contributed by atoms with van der Waals surface area (Å²) in [6.45, 7) is 12.0. The van der Waals surface area contributed by atoms with Gasteiger partial charge in [-0.1, -0.05) is 39.0 Å². The largest absolute Gasteiger partial charge is 0.493 e. The molecule has 1 aliphatic rings. The Bertz CT molecular complexity index is 702. The molecule has 0 saturated carbocycles. The van der Waals surface area contributed by atoms with E-state index in [0.717, 1.165) is 30.8 Å². The molecule has 0 fully saturated rings. The fourth-order valence-electron chi connectivity index (χ4n) is 3.68. The standard InChI is InChI=1S/C26H41FN2O2/c1-6-28(5)16-15-21(4)29(18-23-7-11-24(27)12-8-23)26(30)17-22-9-13-25(14-10-22)31-19-20(2)3/h7,9-14,20-21,23,26,30H,6,8,15-19H2,1-5H3. The molecule has 3 unspecified atom stereocenters. The summed E-state index contributed by atoms with van der Waals surface area (Å²) in [4.78, 5) is 4.47. The molecule has 0 saturated heterocycles. The van der Waals surface area contributed by atoms with E-state index >= 15 is 0 Å². The van der Waals surface area contributed by atoms with Crippen molar-refractivity contribution in [3.63, 3.8) is 0 Å². The third-order valence-electron chi connectivity index (χ3n) is 5.93. The average molecular weight is 433 g/mol. The number of hydrogen-bond acceptors (Lipinski definition) is 4. The molecule has 1 aromatic rings. The van der Waals surface area contributed by atoms with Crippen molar-refractivity contribution in [2.75, 3.05) is 33.3 Å². The lowest BCUT2D eigenvalue weighted by atomic mass is 9.98. The number of allylic oxidation sites excluding steroid dienone is 3. The summed E-state index contributed by atoms with van der Waals surface area (Å²) < 4.78 is 19.1. The maximum atomic E-state index is 13.4. The number of aliphatic hydroxyl groups excluding tert-OH is 1. The lowest BCUT2D eigenvalue weighted by Crippen LogP contribution is -2.46. The molecule has 0 amide bonds. The summed E-state index contributed by atoms with van der Waals surface area (Å²) >= 11 is 0. The summed E-state index contributed by atoms with van der Waals surface area (Å²) in [5.74, 6) is 1.40. The molecule has 1 N–H and O–H groups in total. The first-order chi connectivity index (χ1) is 14.8. The number of hydrogen-bond donors (Lipinski definition) is 1. The van der Waals surface area contributed by atoms with Crippen molar-refractivity contribution in [1.82, 2.24) is 9.80 Å². The smallest absolute Gasteiger partial charge is 0.119 e. The van der Waals surface area contributed by atoms with Crippen LogP contribution in [0.2, 0.25) is 0 Å². The number of nitrogens with zero attached hydrogens (tertiary/aromatic N) is 2. The summed E-state index contributed by atoms with van der Waals surface area (Å²) in [7, 11) is 2.12. The van der Waals surface area contributed by atoms with Crippen LogP contribution >= 0.6 is 0 Å². The first kappa shape index (κ1) is 25.6. The Morgan fingerprint density at radius 2 is 1.90 bits per heavy atom. The Morgan fingerprint density at radius 3 is 2.48 bits per heavy atom. The molecule has 3 atom stereocenters. The van der Waals surface area contributed by atoms with E-state index in [4.69, 9.17) is 4.74 Å². The van der Waals surface area contributed by atoms with Crippen molar-refractivity contribution >= 4 is 0 Å². The van der Waals surface area contributed by atoms with Gasteiger partial charge in [0.25, 0.3) is 0 Å². The average Bonchev–Trinajstić information content (AvgIpc) is 2.76. The number of ether oxygens (including phenoxy) is 1. The van der Waals surface area contributed by atoms with Crippen LogP contribution in [0.1, 0.15) is 46.1 Å². The van der Waals surface area contributed by atoms with E-state index in [1.165, 1.54) is 0 Å². The van der Waals surface area contributed by atoms with Crippen LogP contribution in [0.25, 0.3) is 0 Å². The zero-order valence-corrected chi connectivity index (χ0v) is 19.9. The predicted octanol–water partition coefficient (Wildman–Crippen LogP) is 5.04. The molecule has 5 heteroatoms. The molecule has 0 bridgehead atoms. The fraction of sp³-hybridized carbons (Fsp3) is 0.615. The summed E-state index contributed by atoms with van der Waals surface area (Å²) in [6.07, 6.45) is 6.73. The topological polar surface area (TPSA) is 35.9 Å². The van der Waals surface area contributed by atoms with Crippen LogP contribution in [-0.2, 0) is 6.42 Å². The van der Waals surface area contributed by atoms with Gasteiger partial charge in [-0.15, -0.1) is 0 Å². The van der Waals surface area contributed by atoms with Crippen LogP contribution in [0, 0.1) is 11.8 Å². The van der Waals surface area contributed by atoms with Gasteiger partial charge in [-0.25, -0.2) is 4.39 Å². The number of rotatable bonds is 13. The molecule has 0 heterocycles. The zero-order valence-electron chi connectivity index (χ0n) is 19.9. The first-order valence-electron chi connectivity index (χ1n) is 11.7. The monoisotopic (exact) mass is 432 g/mol. The summed E-state index contributed by atoms with van der Waals surface area (Å²) in [5, 5.41) is 11.2. The van der Waals surface area contributed by atoms with Crippen molar-refractivity contribution in [2.45, 2.75) is 59.2 Å². The lowest BCUT2D eigenvalue weighted by Gasteiger charge is -2.36. The highest BCUT2D eigenvalue weighted by atomic mass is 19.1. The Kier molecular flexibility index (Phi) is 10.7. The van der Waals surface area contributed by atoms with E-state index in [1.807, 2.05) is 30.3 Å². The summed E-state index contributed by atoms with van der Waals surface area (Å²) in [5.41, 5.74) is 1.08. The van der Waals surface area contributed by atoms with Gasteiger partial charge in [0.1, 0.15) is 17.8 Å². The van der Waals surface area contributed by atoms with Crippen LogP contribution in [0.5, 0.6) is 5.75 Å². The molecular weight excluding hydrogens is 391 g/mol. The second kappa shape index (κ2) is 13.0. The van der Waals surface area contributed by atoms with Crippen LogP contribution in [0.4, 0.5) is 4.39 Å². The Hall–Kier alpha value is -1.69. The minimum atomic E-state index is -0.589. The normalized spacial score (nSPS) is 18.5. The van der Waals surface area contributed by atoms with Gasteiger partial charge in [-0.05, 0) is 81.6 Å². The Labute approximate surface area is 188 Å². The number of benzene rings is 1. The lowest BCUT2D eigenvalue weighted by molar-refractivity contribution is -0.0296. The molecule has 1 aliphatic carbocycles. The third-order valence-corrected chi connectivity index (χ3v) is 5.93. The first-order valence-corrected chi connectivity index (χ1v) is 11.7. The molecule has 1 aromatic carbocycles. The van der Waals surface area contributed by atoms with Gasteiger partial charge < -0.3 is 14.7 Å². The van der Waals surface area contributed by atoms with Crippen LogP contribution in [0.3, 0.4) is 0 Å². The van der Waals surface area contributed by atoms with E-state index in [0.29, 0.717) is 31.9 Å². The van der Waals surface area contributed by atoms with Crippen molar-refractivity contribution in [1.29, 1.82) is 0 Å². The molecule has 2 rings (SSSR count). The van der Waals surface area contributed by atoms with Crippen LogP contribution < -0.4 is 4.74 Å². The fourth-order valence-corrected chi connectivity index (χ4v) is 3.68. The molecule has 0 spiro atoms. The molecule has 4 nitrogen and oxygen atoms in total.